The molecule has 1 fully saturated rings. The predicted molar refractivity (Wildman–Crippen MR) is 79.0 cm³/mol. The van der Waals surface area contributed by atoms with Crippen LogP contribution in [0.25, 0.3) is 0 Å². The fourth-order valence-electron chi connectivity index (χ4n) is 3.36. The monoisotopic (exact) mass is 245 g/mol. The average Bonchev–Trinajstić information content (AvgIpc) is 2.41. The molecule has 1 nitrogen and oxygen atoms in total. The van der Waals surface area contributed by atoms with E-state index in [1.54, 1.807) is 5.56 Å². The second-order valence-electron chi connectivity index (χ2n) is 5.94. The van der Waals surface area contributed by atoms with Crippen molar-refractivity contribution in [3.8, 4) is 0 Å². The summed E-state index contributed by atoms with van der Waals surface area (Å²) in [5.41, 5.74) is 3.01. The normalized spacial score (nSPS) is 28.3. The summed E-state index contributed by atoms with van der Waals surface area (Å²) in [4.78, 5) is 0. The Morgan fingerprint density at radius 1 is 1.17 bits per heavy atom. The van der Waals surface area contributed by atoms with Gasteiger partial charge in [0.25, 0.3) is 0 Å². The molecule has 1 saturated carbocycles. The average molecular weight is 245 g/mol. The molecular weight excluding hydrogens is 218 g/mol. The van der Waals surface area contributed by atoms with Crippen LogP contribution in [-0.2, 0) is 6.42 Å². The van der Waals surface area contributed by atoms with Gasteiger partial charge in [-0.2, -0.15) is 0 Å². The van der Waals surface area contributed by atoms with Crippen LogP contribution in [0.5, 0.6) is 0 Å². The molecule has 1 N–H and O–H groups in total. The molecular formula is C17H27N. The van der Waals surface area contributed by atoms with E-state index in [9.17, 15) is 0 Å². The van der Waals surface area contributed by atoms with Crippen molar-refractivity contribution in [3.05, 3.63) is 35.4 Å². The van der Waals surface area contributed by atoms with E-state index in [4.69, 9.17) is 0 Å². The molecule has 0 bridgehead atoms. The van der Waals surface area contributed by atoms with Crippen LogP contribution < -0.4 is 5.32 Å². The Hall–Kier alpha value is -0.820. The minimum absolute atomic E-state index is 0.757. The van der Waals surface area contributed by atoms with Crippen molar-refractivity contribution in [1.82, 2.24) is 5.32 Å². The lowest BCUT2D eigenvalue weighted by Crippen LogP contribution is -2.29. The van der Waals surface area contributed by atoms with Gasteiger partial charge in [0.2, 0.25) is 0 Å². The number of rotatable bonds is 4. The van der Waals surface area contributed by atoms with Crippen LogP contribution in [0.2, 0.25) is 0 Å². The van der Waals surface area contributed by atoms with E-state index in [-0.39, 0.29) is 0 Å². The Labute approximate surface area is 112 Å². The zero-order valence-electron chi connectivity index (χ0n) is 12.1. The first kappa shape index (κ1) is 13.6. The second-order valence-corrected chi connectivity index (χ2v) is 5.94. The summed E-state index contributed by atoms with van der Waals surface area (Å²) < 4.78 is 0. The van der Waals surface area contributed by atoms with E-state index in [0.717, 1.165) is 30.7 Å². The molecule has 1 aromatic rings. The molecule has 100 valence electrons. The van der Waals surface area contributed by atoms with Gasteiger partial charge in [-0.15, -0.1) is 0 Å². The van der Waals surface area contributed by atoms with Crippen LogP contribution in [0.4, 0.5) is 0 Å². The summed E-state index contributed by atoms with van der Waals surface area (Å²) in [6.07, 6.45) is 5.28. The number of hydrogen-bond acceptors (Lipinski definition) is 1. The Balaban J connectivity index is 2.15. The lowest BCUT2D eigenvalue weighted by atomic mass is 9.71. The van der Waals surface area contributed by atoms with Gasteiger partial charge in [0.15, 0.2) is 0 Å². The third-order valence-corrected chi connectivity index (χ3v) is 4.54. The Bertz CT molecular complexity index is 354. The van der Waals surface area contributed by atoms with Crippen LogP contribution in [0.3, 0.4) is 0 Å². The molecule has 0 spiro atoms. The highest BCUT2D eigenvalue weighted by Gasteiger charge is 2.29. The third kappa shape index (κ3) is 3.14. The zero-order valence-corrected chi connectivity index (χ0v) is 12.1. The van der Waals surface area contributed by atoms with Crippen LogP contribution in [0, 0.1) is 11.8 Å². The van der Waals surface area contributed by atoms with Crippen molar-refractivity contribution in [3.63, 3.8) is 0 Å². The Morgan fingerprint density at radius 3 is 2.50 bits per heavy atom. The molecule has 1 heteroatoms. The van der Waals surface area contributed by atoms with E-state index in [1.807, 2.05) is 0 Å². The van der Waals surface area contributed by atoms with Gasteiger partial charge >= 0.3 is 0 Å². The van der Waals surface area contributed by atoms with Crippen molar-refractivity contribution in [2.24, 2.45) is 11.8 Å². The minimum Gasteiger partial charge on any atom is -0.319 e. The molecule has 0 radical (unpaired) electrons. The van der Waals surface area contributed by atoms with Gasteiger partial charge in [0, 0.05) is 0 Å². The van der Waals surface area contributed by atoms with Crippen LogP contribution >= 0.6 is 0 Å². The molecule has 2 rings (SSSR count). The van der Waals surface area contributed by atoms with Gasteiger partial charge in [-0.1, -0.05) is 44.5 Å². The summed E-state index contributed by atoms with van der Waals surface area (Å²) >= 11 is 0. The molecule has 0 aromatic heterocycles. The second kappa shape index (κ2) is 6.38. The summed E-state index contributed by atoms with van der Waals surface area (Å²) in [6, 6.07) is 9.35. The van der Waals surface area contributed by atoms with Gasteiger partial charge in [-0.25, -0.2) is 0 Å². The molecule has 1 aliphatic carbocycles. The Kier molecular flexibility index (Phi) is 4.82. The topological polar surface area (TPSA) is 12.0 Å². The van der Waals surface area contributed by atoms with Crippen molar-refractivity contribution in [2.75, 3.05) is 13.6 Å². The molecule has 1 aromatic carbocycles. The van der Waals surface area contributed by atoms with Gasteiger partial charge in [0.05, 0.1) is 0 Å². The van der Waals surface area contributed by atoms with E-state index in [1.165, 1.54) is 24.8 Å². The fourth-order valence-corrected chi connectivity index (χ4v) is 3.36. The first-order valence-electron chi connectivity index (χ1n) is 7.48. The van der Waals surface area contributed by atoms with Gasteiger partial charge in [-0.05, 0) is 61.7 Å². The first-order chi connectivity index (χ1) is 8.74. The van der Waals surface area contributed by atoms with E-state index >= 15 is 0 Å². The van der Waals surface area contributed by atoms with Crippen LogP contribution in [-0.4, -0.2) is 13.6 Å². The maximum atomic E-state index is 3.37. The van der Waals surface area contributed by atoms with Gasteiger partial charge in [-0.3, -0.25) is 0 Å². The predicted octanol–water partition coefficient (Wildman–Crippen LogP) is 3.99. The van der Waals surface area contributed by atoms with E-state index in [0.29, 0.717) is 0 Å². The molecule has 0 saturated heterocycles. The first-order valence-corrected chi connectivity index (χ1v) is 7.48. The SMILES string of the molecule is CCc1ccc(C2CC(C)CCC2CNC)cc1. The molecule has 18 heavy (non-hydrogen) atoms. The van der Waals surface area contributed by atoms with E-state index < -0.39 is 0 Å². The number of aryl methyl sites for hydroxylation is 1. The number of nitrogens with one attached hydrogen (secondary N) is 1. The quantitative estimate of drug-likeness (QED) is 0.846. The van der Waals surface area contributed by atoms with Crippen LogP contribution in [0.15, 0.2) is 24.3 Å². The Morgan fingerprint density at radius 2 is 1.89 bits per heavy atom. The lowest BCUT2D eigenvalue weighted by molar-refractivity contribution is 0.245. The van der Waals surface area contributed by atoms with Crippen molar-refractivity contribution >= 4 is 0 Å². The number of hydrogen-bond donors (Lipinski definition) is 1. The number of benzene rings is 1. The largest absolute Gasteiger partial charge is 0.319 e. The van der Waals surface area contributed by atoms with Crippen molar-refractivity contribution in [2.45, 2.75) is 45.4 Å². The van der Waals surface area contributed by atoms with E-state index in [2.05, 4.69) is 50.5 Å². The molecule has 1 aliphatic rings. The molecule has 0 heterocycles. The summed E-state index contributed by atoms with van der Waals surface area (Å²) in [5, 5.41) is 3.37. The van der Waals surface area contributed by atoms with Gasteiger partial charge < -0.3 is 5.32 Å². The fraction of sp³-hybridized carbons (Fsp3) is 0.647. The maximum Gasteiger partial charge on any atom is -0.00177 e. The van der Waals surface area contributed by atoms with Crippen molar-refractivity contribution in [1.29, 1.82) is 0 Å². The smallest absolute Gasteiger partial charge is 0.00177 e. The maximum absolute atomic E-state index is 3.37. The highest BCUT2D eigenvalue weighted by Crippen LogP contribution is 2.40. The molecule has 3 unspecified atom stereocenters. The third-order valence-electron chi connectivity index (χ3n) is 4.54. The molecule has 0 amide bonds. The minimum atomic E-state index is 0.757. The highest BCUT2D eigenvalue weighted by atomic mass is 14.8. The molecule has 3 atom stereocenters. The van der Waals surface area contributed by atoms with Gasteiger partial charge in [0.1, 0.15) is 0 Å². The zero-order chi connectivity index (χ0) is 13.0. The van der Waals surface area contributed by atoms with Crippen LogP contribution in [0.1, 0.15) is 50.2 Å². The summed E-state index contributed by atoms with van der Waals surface area (Å²) in [7, 11) is 2.08. The summed E-state index contributed by atoms with van der Waals surface area (Å²) in [5.74, 6) is 2.46. The summed E-state index contributed by atoms with van der Waals surface area (Å²) in [6.45, 7) is 5.79. The lowest BCUT2D eigenvalue weighted by Gasteiger charge is -2.35. The van der Waals surface area contributed by atoms with Crippen molar-refractivity contribution < 1.29 is 0 Å². The standard InChI is InChI=1S/C17H27N/c1-4-14-6-9-15(10-7-14)17-11-13(2)5-8-16(17)12-18-3/h6-7,9-10,13,16-18H,4-5,8,11-12H2,1-3H3. The highest BCUT2D eigenvalue weighted by molar-refractivity contribution is 5.26. The molecule has 0 aliphatic heterocycles.